The molecule has 0 spiro atoms. The number of rotatable bonds is 11. The van der Waals surface area contributed by atoms with Gasteiger partial charge in [-0.05, 0) is 29.7 Å². The molecule has 0 aliphatic rings. The van der Waals surface area contributed by atoms with Crippen LogP contribution in [0.3, 0.4) is 0 Å². The number of nitrogens with one attached hydrogen (secondary N) is 1. The number of nitrogens with zero attached hydrogens (tertiary/aromatic N) is 3. The molecule has 0 amide bonds. The Bertz CT molecular complexity index is 970. The van der Waals surface area contributed by atoms with Crippen LogP contribution in [0, 0.1) is 5.92 Å². The standard InChI is InChI=1S/C12H19BrN4O9P2.4Na/c13-12-16-9-10(14-6-15-11(9)18)17(12)3-8(5-26-7-28(22,23)24)4-25-1-2-27(19,20)21;;;;/h6,8H,1-5,7H2,(H,14,15,18)(H2,19,20,21)(H2,22,23,24);;;;/q;4*+1/p-4. The Balaban J connectivity index is -0.00000210. The van der Waals surface area contributed by atoms with Crippen molar-refractivity contribution in [2.24, 2.45) is 5.92 Å². The van der Waals surface area contributed by atoms with E-state index in [1.807, 2.05) is 0 Å². The summed E-state index contributed by atoms with van der Waals surface area (Å²) < 4.78 is 33.2. The maximum absolute atomic E-state index is 11.8. The van der Waals surface area contributed by atoms with Crippen LogP contribution < -0.4 is 143 Å². The predicted octanol–water partition coefficient (Wildman–Crippen LogP) is -14.7. The van der Waals surface area contributed by atoms with Gasteiger partial charge in [-0.25, -0.2) is 9.97 Å². The van der Waals surface area contributed by atoms with Crippen molar-refractivity contribution in [1.82, 2.24) is 19.5 Å². The van der Waals surface area contributed by atoms with Gasteiger partial charge in [0.15, 0.2) is 15.9 Å². The molecular weight excluding hydrogens is 578 g/mol. The molecule has 2 heterocycles. The normalized spacial score (nSPS) is 12.2. The molecule has 13 nitrogen and oxygen atoms in total. The quantitative estimate of drug-likeness (QED) is 0.112. The van der Waals surface area contributed by atoms with E-state index in [-0.39, 0.29) is 160 Å². The molecule has 0 radical (unpaired) electrons. The SMILES string of the molecule is O=c1[nH]cnc2c1nc(Br)n2CC(COCCP(=O)([O-])[O-])COCP(=O)([O-])[O-].[Na+].[Na+].[Na+].[Na+]. The molecular formula is C12H15BrN4Na4O9P2. The Labute approximate surface area is 280 Å². The van der Waals surface area contributed by atoms with Crippen LogP contribution in [0.4, 0.5) is 0 Å². The zero-order valence-electron chi connectivity index (χ0n) is 18.2. The maximum atomic E-state index is 11.8. The van der Waals surface area contributed by atoms with Crippen LogP contribution in [0.2, 0.25) is 0 Å². The van der Waals surface area contributed by atoms with E-state index in [0.29, 0.717) is 0 Å². The van der Waals surface area contributed by atoms with Gasteiger partial charge in [-0.1, -0.05) is 7.60 Å². The molecule has 1 unspecified atom stereocenters. The number of aromatic nitrogens is 4. The Morgan fingerprint density at radius 3 is 2.22 bits per heavy atom. The fourth-order valence-electron chi connectivity index (χ4n) is 2.25. The molecule has 32 heavy (non-hydrogen) atoms. The van der Waals surface area contributed by atoms with Gasteiger partial charge in [0.2, 0.25) is 0 Å². The number of fused-ring (bicyclic) bond motifs is 1. The van der Waals surface area contributed by atoms with E-state index in [2.05, 4.69) is 30.9 Å². The van der Waals surface area contributed by atoms with E-state index in [0.717, 1.165) is 0 Å². The zero-order chi connectivity index (χ0) is 20.9. The van der Waals surface area contributed by atoms with Crippen LogP contribution in [0.25, 0.3) is 11.2 Å². The Hall–Kier alpha value is 3.05. The average molecular weight is 593 g/mol. The molecule has 2 rings (SSSR count). The molecule has 20 heteroatoms. The smallest absolute Gasteiger partial charge is 0.811 e. The Kier molecular flexibility index (Phi) is 22.7. The number of aromatic amines is 1. The first kappa shape index (κ1) is 39.6. The molecule has 1 atom stereocenters. The summed E-state index contributed by atoms with van der Waals surface area (Å²) in [7, 11) is -9.59. The molecule has 158 valence electrons. The number of hydrogen-bond acceptors (Lipinski definition) is 11. The first-order valence-corrected chi connectivity index (χ1v) is 12.0. The van der Waals surface area contributed by atoms with Crippen molar-refractivity contribution < 1.29 is 156 Å². The topological polar surface area (TPSA) is 208 Å². The monoisotopic (exact) mass is 592 g/mol. The molecule has 2 aromatic rings. The van der Waals surface area contributed by atoms with Gasteiger partial charge in [-0.15, -0.1) is 0 Å². The molecule has 1 N–H and O–H groups in total. The summed E-state index contributed by atoms with van der Waals surface area (Å²) in [5.74, 6) is -0.570. The van der Waals surface area contributed by atoms with Crippen molar-refractivity contribution in [3.05, 3.63) is 21.4 Å². The fraction of sp³-hybridized carbons (Fsp3) is 0.583. The fourth-order valence-corrected chi connectivity index (χ4v) is 3.42. The van der Waals surface area contributed by atoms with Crippen LogP contribution in [-0.2, 0) is 25.1 Å². The number of halogens is 1. The van der Waals surface area contributed by atoms with Gasteiger partial charge < -0.3 is 47.7 Å². The minimum Gasteiger partial charge on any atom is -0.811 e. The van der Waals surface area contributed by atoms with Crippen LogP contribution in [-0.4, -0.2) is 51.8 Å². The Morgan fingerprint density at radius 1 is 1.06 bits per heavy atom. The van der Waals surface area contributed by atoms with E-state index in [1.54, 1.807) is 0 Å². The summed E-state index contributed by atoms with van der Waals surface area (Å²) in [4.78, 5) is 65.0. The van der Waals surface area contributed by atoms with Crippen molar-refractivity contribution in [3.63, 3.8) is 0 Å². The molecule has 0 fully saturated rings. The minimum atomic E-state index is -4.87. The second-order valence-corrected chi connectivity index (χ2v) is 9.64. The van der Waals surface area contributed by atoms with Crippen LogP contribution in [0.5, 0.6) is 0 Å². The average Bonchev–Trinajstić information content (AvgIpc) is 2.87. The van der Waals surface area contributed by atoms with Gasteiger partial charge in [0, 0.05) is 12.5 Å². The number of ether oxygens (including phenoxy) is 2. The van der Waals surface area contributed by atoms with Gasteiger partial charge >= 0.3 is 118 Å². The van der Waals surface area contributed by atoms with E-state index in [4.69, 9.17) is 9.47 Å². The van der Waals surface area contributed by atoms with Crippen molar-refractivity contribution in [2.75, 3.05) is 32.3 Å². The molecule has 2 aromatic heterocycles. The van der Waals surface area contributed by atoms with Gasteiger partial charge in [-0.3, -0.25) is 4.79 Å². The largest absolute Gasteiger partial charge is 1.00 e. The molecule has 0 aliphatic heterocycles. The van der Waals surface area contributed by atoms with Crippen molar-refractivity contribution in [3.8, 4) is 0 Å². The third-order valence-corrected chi connectivity index (χ3v) is 5.23. The van der Waals surface area contributed by atoms with Crippen LogP contribution in [0.1, 0.15) is 0 Å². The van der Waals surface area contributed by atoms with Gasteiger partial charge in [0.25, 0.3) is 5.56 Å². The summed E-state index contributed by atoms with van der Waals surface area (Å²) >= 11 is 3.19. The van der Waals surface area contributed by atoms with Crippen molar-refractivity contribution >= 4 is 42.3 Å². The zero-order valence-corrected chi connectivity index (χ0v) is 29.6. The van der Waals surface area contributed by atoms with Crippen LogP contribution in [0.15, 0.2) is 15.9 Å². The summed E-state index contributed by atoms with van der Waals surface area (Å²) in [6, 6.07) is 0. The van der Waals surface area contributed by atoms with E-state index in [9.17, 15) is 33.5 Å². The number of hydrogen-bond donors (Lipinski definition) is 1. The van der Waals surface area contributed by atoms with E-state index >= 15 is 0 Å². The van der Waals surface area contributed by atoms with E-state index < -0.39 is 39.2 Å². The molecule has 0 saturated carbocycles. The van der Waals surface area contributed by atoms with Crippen LogP contribution >= 0.6 is 31.1 Å². The first-order valence-electron chi connectivity index (χ1n) is 7.73. The second kappa shape index (κ2) is 18.3. The summed E-state index contributed by atoms with van der Waals surface area (Å²) in [5, 5.41) is 0. The van der Waals surface area contributed by atoms with Crippen molar-refractivity contribution in [1.29, 1.82) is 0 Å². The first-order chi connectivity index (χ1) is 13.0. The van der Waals surface area contributed by atoms with Gasteiger partial charge in [0.1, 0.15) is 0 Å². The number of imidazole rings is 1. The molecule has 0 saturated heterocycles. The molecule has 0 bridgehead atoms. The third kappa shape index (κ3) is 14.7. The molecule has 0 aromatic carbocycles. The van der Waals surface area contributed by atoms with Crippen molar-refractivity contribution in [2.45, 2.75) is 6.54 Å². The third-order valence-electron chi connectivity index (χ3n) is 3.40. The Morgan fingerprint density at radius 2 is 1.66 bits per heavy atom. The van der Waals surface area contributed by atoms with Gasteiger partial charge in [-0.2, -0.15) is 0 Å². The summed E-state index contributed by atoms with van der Waals surface area (Å²) in [5.41, 5.74) is -0.159. The minimum absolute atomic E-state index is 0. The predicted molar refractivity (Wildman–Crippen MR) is 91.1 cm³/mol. The number of H-pyrrole nitrogens is 1. The van der Waals surface area contributed by atoms with Gasteiger partial charge in [0.05, 0.1) is 32.5 Å². The van der Waals surface area contributed by atoms with E-state index in [1.165, 1.54) is 10.9 Å². The summed E-state index contributed by atoms with van der Waals surface area (Å²) in [6.07, 6.45) is -0.544. The second-order valence-electron chi connectivity index (χ2n) is 5.78. The molecule has 0 aliphatic carbocycles. The maximum Gasteiger partial charge on any atom is 1.00 e. The summed E-state index contributed by atoms with van der Waals surface area (Å²) in [6.45, 7) is -0.610.